The molecule has 0 aromatic heterocycles. The average Bonchev–Trinajstić information content (AvgIpc) is 2.25. The Bertz CT molecular complexity index is 261. The number of carbonyl (C=O) groups excluding carboxylic acids is 1. The van der Waals surface area contributed by atoms with E-state index in [4.69, 9.17) is 14.5 Å². The number of rotatable bonds is 7. The molecule has 0 radical (unpaired) electrons. The van der Waals surface area contributed by atoms with Gasteiger partial charge in [0.05, 0.1) is 24.0 Å². The van der Waals surface area contributed by atoms with Crippen LogP contribution in [0.3, 0.4) is 0 Å². The van der Waals surface area contributed by atoms with Crippen molar-refractivity contribution in [3.05, 3.63) is 11.8 Å². The van der Waals surface area contributed by atoms with Gasteiger partial charge in [0, 0.05) is 10.2 Å². The van der Waals surface area contributed by atoms with E-state index in [9.17, 15) is 4.79 Å². The quantitative estimate of drug-likeness (QED) is 0.230. The summed E-state index contributed by atoms with van der Waals surface area (Å²) in [6.45, 7) is 9.48. The maximum absolute atomic E-state index is 11.8. The van der Waals surface area contributed by atoms with Crippen molar-refractivity contribution in [2.24, 2.45) is 0 Å². The third-order valence-electron chi connectivity index (χ3n) is 2.16. The summed E-state index contributed by atoms with van der Waals surface area (Å²) in [5.74, 6) is -0.443. The topological polar surface area (TPSA) is 44.8 Å². The second-order valence-electron chi connectivity index (χ2n) is 4.58. The molecule has 0 aromatic carbocycles. The van der Waals surface area contributed by atoms with Crippen LogP contribution in [0.1, 0.15) is 41.0 Å². The number of carbonyl (C=O) groups is 1. The van der Waals surface area contributed by atoms with Gasteiger partial charge in [-0.1, -0.05) is 13.3 Å². The summed E-state index contributed by atoms with van der Waals surface area (Å²) >= 11 is 0. The molecule has 0 amide bonds. The Hall–Kier alpha value is -0.813. The Labute approximate surface area is 107 Å². The average molecular weight is 260 g/mol. The van der Waals surface area contributed by atoms with E-state index >= 15 is 0 Å². The van der Waals surface area contributed by atoms with Crippen molar-refractivity contribution in [2.75, 3.05) is 0 Å². The number of hydrogen-bond donors (Lipinski definition) is 0. The van der Waals surface area contributed by atoms with Gasteiger partial charge in [-0.2, -0.15) is 4.89 Å². The third kappa shape index (κ3) is 7.17. The molecule has 0 aliphatic heterocycles. The van der Waals surface area contributed by atoms with E-state index in [1.807, 2.05) is 20.8 Å². The molecule has 17 heavy (non-hydrogen) atoms. The van der Waals surface area contributed by atoms with E-state index in [1.54, 1.807) is 13.8 Å². The summed E-state index contributed by atoms with van der Waals surface area (Å²) in [5, 5.41) is 0. The fourth-order valence-electron chi connectivity index (χ4n) is 0.983. The van der Waals surface area contributed by atoms with Crippen LogP contribution in [-0.4, -0.2) is 28.4 Å². The van der Waals surface area contributed by atoms with Crippen LogP contribution in [0.2, 0.25) is 5.54 Å². The molecule has 100 valence electrons. The zero-order valence-corrected chi connectivity index (χ0v) is 13.6. The first-order valence-corrected chi connectivity index (χ1v) is 7.27. The van der Waals surface area contributed by atoms with Crippen LogP contribution >= 0.6 is 0 Å². The van der Waals surface area contributed by atoms with E-state index in [1.165, 1.54) is 6.26 Å². The van der Waals surface area contributed by atoms with Gasteiger partial charge in [0.1, 0.15) is 0 Å². The second kappa shape index (κ2) is 8.30. The lowest BCUT2D eigenvalue weighted by molar-refractivity contribution is -0.288. The first kappa shape index (κ1) is 16.2. The third-order valence-corrected chi connectivity index (χ3v) is 3.60. The maximum Gasteiger partial charge on any atom is 0.372 e. The van der Waals surface area contributed by atoms with Crippen molar-refractivity contribution < 1.29 is 19.3 Å². The molecular formula is C12H24O4Si. The van der Waals surface area contributed by atoms with E-state index in [-0.39, 0.29) is 17.7 Å². The SMILES string of the molecule is CCC([SiH3])C(=COC(C)C)C(=O)OOC(C)C. The van der Waals surface area contributed by atoms with Crippen LogP contribution in [-0.2, 0) is 19.3 Å². The largest absolute Gasteiger partial charge is 0.498 e. The van der Waals surface area contributed by atoms with E-state index in [0.717, 1.165) is 16.7 Å². The number of hydrogen-bond acceptors (Lipinski definition) is 4. The van der Waals surface area contributed by atoms with Crippen molar-refractivity contribution in [1.29, 1.82) is 0 Å². The van der Waals surface area contributed by atoms with E-state index in [2.05, 4.69) is 0 Å². The molecule has 0 aromatic rings. The lowest BCUT2D eigenvalue weighted by atomic mass is 10.1. The lowest BCUT2D eigenvalue weighted by Crippen LogP contribution is -2.16. The van der Waals surface area contributed by atoms with Gasteiger partial charge in [0.2, 0.25) is 0 Å². The zero-order valence-electron chi connectivity index (χ0n) is 11.6. The predicted molar refractivity (Wildman–Crippen MR) is 70.6 cm³/mol. The predicted octanol–water partition coefficient (Wildman–Crippen LogP) is 1.74. The smallest absolute Gasteiger partial charge is 0.372 e. The molecule has 0 saturated heterocycles. The minimum Gasteiger partial charge on any atom is -0.498 e. The molecule has 4 nitrogen and oxygen atoms in total. The first-order chi connectivity index (χ1) is 7.88. The molecule has 0 bridgehead atoms. The minimum atomic E-state index is -0.443. The molecule has 0 heterocycles. The van der Waals surface area contributed by atoms with Crippen molar-refractivity contribution in [3.8, 4) is 0 Å². The maximum atomic E-state index is 11.8. The Balaban J connectivity index is 4.56. The summed E-state index contributed by atoms with van der Waals surface area (Å²) in [6.07, 6.45) is 2.32. The standard InChI is InChI=1S/C12H24O4Si/c1-6-11(17)10(7-14-8(2)3)12(13)16-15-9(4)5/h7-9,11H,6H2,1-5,17H3. The van der Waals surface area contributed by atoms with Crippen LogP contribution < -0.4 is 0 Å². The normalized spacial score (nSPS) is 14.2. The highest BCUT2D eigenvalue weighted by Crippen LogP contribution is 2.20. The summed E-state index contributed by atoms with van der Waals surface area (Å²) in [5.41, 5.74) is 0.783. The zero-order chi connectivity index (χ0) is 13.4. The molecule has 0 N–H and O–H groups in total. The Morgan fingerprint density at radius 1 is 1.24 bits per heavy atom. The Morgan fingerprint density at radius 3 is 2.24 bits per heavy atom. The second-order valence-corrected chi connectivity index (χ2v) is 5.98. The number of ether oxygens (including phenoxy) is 1. The summed E-state index contributed by atoms with van der Waals surface area (Å²) in [7, 11) is 0.880. The lowest BCUT2D eigenvalue weighted by Gasteiger charge is -2.14. The van der Waals surface area contributed by atoms with Crippen LogP contribution in [0.5, 0.6) is 0 Å². The van der Waals surface area contributed by atoms with E-state index < -0.39 is 5.97 Å². The van der Waals surface area contributed by atoms with Gasteiger partial charge >= 0.3 is 5.97 Å². The van der Waals surface area contributed by atoms with Crippen molar-refractivity contribution >= 4 is 16.2 Å². The summed E-state index contributed by atoms with van der Waals surface area (Å²) < 4.78 is 5.36. The molecular weight excluding hydrogens is 236 g/mol. The van der Waals surface area contributed by atoms with Gasteiger partial charge in [-0.3, -0.25) is 4.89 Å². The summed E-state index contributed by atoms with van der Waals surface area (Å²) in [6, 6.07) is 0. The molecule has 0 fully saturated rings. The molecule has 5 heteroatoms. The van der Waals surface area contributed by atoms with Crippen LogP contribution in [0.4, 0.5) is 0 Å². The molecule has 1 atom stereocenters. The molecule has 0 saturated carbocycles. The van der Waals surface area contributed by atoms with Crippen molar-refractivity contribution in [2.45, 2.75) is 58.8 Å². The Morgan fingerprint density at radius 2 is 1.82 bits per heavy atom. The fraction of sp³-hybridized carbons (Fsp3) is 0.750. The van der Waals surface area contributed by atoms with Gasteiger partial charge in [-0.15, -0.1) is 0 Å². The van der Waals surface area contributed by atoms with Crippen LogP contribution in [0.25, 0.3) is 0 Å². The highest BCUT2D eigenvalue weighted by Gasteiger charge is 2.19. The monoisotopic (exact) mass is 260 g/mol. The van der Waals surface area contributed by atoms with Gasteiger partial charge in [0.15, 0.2) is 0 Å². The fourth-order valence-corrected chi connectivity index (χ4v) is 1.35. The Kier molecular flexibility index (Phi) is 7.91. The van der Waals surface area contributed by atoms with Gasteiger partial charge in [-0.25, -0.2) is 4.79 Å². The van der Waals surface area contributed by atoms with Gasteiger partial charge in [-0.05, 0) is 33.2 Å². The minimum absolute atomic E-state index is 0.0505. The van der Waals surface area contributed by atoms with Gasteiger partial charge in [0.25, 0.3) is 0 Å². The highest BCUT2D eigenvalue weighted by molar-refractivity contribution is 6.17. The molecule has 0 rings (SSSR count). The summed E-state index contributed by atoms with van der Waals surface area (Å²) in [4.78, 5) is 21.4. The van der Waals surface area contributed by atoms with Crippen molar-refractivity contribution in [1.82, 2.24) is 0 Å². The molecule has 0 aliphatic carbocycles. The molecule has 1 unspecified atom stereocenters. The highest BCUT2D eigenvalue weighted by atomic mass is 28.1. The van der Waals surface area contributed by atoms with Crippen LogP contribution in [0, 0.1) is 0 Å². The van der Waals surface area contributed by atoms with Gasteiger partial charge < -0.3 is 4.74 Å². The van der Waals surface area contributed by atoms with E-state index in [0.29, 0.717) is 5.57 Å². The van der Waals surface area contributed by atoms with Crippen LogP contribution in [0.15, 0.2) is 11.8 Å². The van der Waals surface area contributed by atoms with Crippen molar-refractivity contribution in [3.63, 3.8) is 0 Å². The molecule has 0 spiro atoms. The molecule has 0 aliphatic rings. The first-order valence-electron chi connectivity index (χ1n) is 6.11.